The summed E-state index contributed by atoms with van der Waals surface area (Å²) < 4.78 is 23.9. The third kappa shape index (κ3) is 3.58. The molecule has 0 aromatic heterocycles. The Morgan fingerprint density at radius 2 is 1.50 bits per heavy atom. The Bertz CT molecular complexity index is 253. The smallest absolute Gasteiger partial charge is 0.219 e. The summed E-state index contributed by atoms with van der Waals surface area (Å²) in [5, 5.41) is 0. The van der Waals surface area contributed by atoms with Crippen LogP contribution in [0.25, 0.3) is 0 Å². The highest BCUT2D eigenvalue weighted by molar-refractivity contribution is 7.65. The van der Waals surface area contributed by atoms with Crippen molar-refractivity contribution in [1.82, 2.24) is 0 Å². The molecule has 0 aliphatic rings. The Hall–Kier alpha value is -0.370. The van der Waals surface area contributed by atoms with Gasteiger partial charge in [0.1, 0.15) is 0 Å². The van der Waals surface area contributed by atoms with E-state index in [9.17, 15) is 4.57 Å². The normalized spacial score (nSPS) is 12.4. The van der Waals surface area contributed by atoms with Crippen LogP contribution in [-0.4, -0.2) is 31.1 Å². The Morgan fingerprint density at radius 3 is 1.75 bits per heavy atom. The lowest BCUT2D eigenvalue weighted by molar-refractivity contribution is -0.161. The van der Waals surface area contributed by atoms with E-state index >= 15 is 0 Å². The summed E-state index contributed by atoms with van der Waals surface area (Å²) in [6, 6.07) is 0. The first-order valence-electron chi connectivity index (χ1n) is 5.57. The highest BCUT2D eigenvalue weighted by Gasteiger charge is 2.44. The molecule has 0 bridgehead atoms. The molecule has 0 unspecified atom stereocenters. The average molecular weight is 246 g/mol. The number of hydrogen-bond donors (Lipinski definition) is 0. The molecule has 16 heavy (non-hydrogen) atoms. The maximum Gasteiger partial charge on any atom is 0.219 e. The molecule has 4 heteroatoms. The first-order chi connectivity index (χ1) is 7.49. The van der Waals surface area contributed by atoms with Crippen LogP contribution in [-0.2, 0) is 14.0 Å². The minimum Gasteiger partial charge on any atom is -0.344 e. The van der Waals surface area contributed by atoms with E-state index in [-0.39, 0.29) is 0 Å². The molecule has 0 saturated carbocycles. The van der Waals surface area contributed by atoms with Crippen LogP contribution in [0, 0.1) is 0 Å². The van der Waals surface area contributed by atoms with Gasteiger partial charge in [0.15, 0.2) is 7.14 Å². The molecule has 0 aromatic rings. The molecule has 0 N–H and O–H groups in total. The fourth-order valence-electron chi connectivity index (χ4n) is 1.64. The van der Waals surface area contributed by atoms with Crippen LogP contribution >= 0.6 is 7.14 Å². The van der Waals surface area contributed by atoms with Crippen LogP contribution in [0.1, 0.15) is 20.8 Å². The van der Waals surface area contributed by atoms with Crippen molar-refractivity contribution in [3.8, 4) is 0 Å². The van der Waals surface area contributed by atoms with Crippen molar-refractivity contribution in [3.05, 3.63) is 25.3 Å². The molecule has 3 nitrogen and oxygen atoms in total. The van der Waals surface area contributed by atoms with Crippen LogP contribution in [0.3, 0.4) is 0 Å². The molecule has 0 rings (SSSR count). The summed E-state index contributed by atoms with van der Waals surface area (Å²) in [4.78, 5) is 0. The Labute approximate surface area is 98.9 Å². The SMILES string of the molecule is C=CCP(=O)(CC=C)C(C)(OCC)OCC. The Kier molecular flexibility index (Phi) is 6.89. The largest absolute Gasteiger partial charge is 0.344 e. The molecule has 0 atom stereocenters. The van der Waals surface area contributed by atoms with Gasteiger partial charge in [0.05, 0.1) is 0 Å². The van der Waals surface area contributed by atoms with Gasteiger partial charge >= 0.3 is 0 Å². The van der Waals surface area contributed by atoms with E-state index in [2.05, 4.69) is 13.2 Å². The second-order valence-corrected chi connectivity index (χ2v) is 6.92. The van der Waals surface area contributed by atoms with Gasteiger partial charge in [0, 0.05) is 25.5 Å². The minimum atomic E-state index is -2.65. The number of allylic oxidation sites excluding steroid dienone is 2. The summed E-state index contributed by atoms with van der Waals surface area (Å²) in [5.41, 5.74) is -1.03. The summed E-state index contributed by atoms with van der Waals surface area (Å²) >= 11 is 0. The van der Waals surface area contributed by atoms with Crippen LogP contribution in [0.5, 0.6) is 0 Å². The predicted molar refractivity (Wildman–Crippen MR) is 69.4 cm³/mol. The summed E-state index contributed by atoms with van der Waals surface area (Å²) in [6.07, 6.45) is 4.10. The molecule has 0 saturated heterocycles. The van der Waals surface area contributed by atoms with Crippen molar-refractivity contribution in [2.45, 2.75) is 26.3 Å². The molecule has 0 amide bonds. The molecule has 0 heterocycles. The van der Waals surface area contributed by atoms with Gasteiger partial charge in [0.2, 0.25) is 5.53 Å². The molecule has 0 radical (unpaired) electrons. The van der Waals surface area contributed by atoms with Crippen LogP contribution in [0.2, 0.25) is 0 Å². The molecular weight excluding hydrogens is 223 g/mol. The summed E-state index contributed by atoms with van der Waals surface area (Å²) in [5.74, 6) is 0. The topological polar surface area (TPSA) is 35.5 Å². The van der Waals surface area contributed by atoms with Crippen molar-refractivity contribution < 1.29 is 14.0 Å². The number of ether oxygens (including phenoxy) is 2. The van der Waals surface area contributed by atoms with E-state index in [1.165, 1.54) is 0 Å². The summed E-state index contributed by atoms with van der Waals surface area (Å²) in [6.45, 7) is 13.7. The van der Waals surface area contributed by atoms with Gasteiger partial charge in [-0.2, -0.15) is 0 Å². The fraction of sp³-hybridized carbons (Fsp3) is 0.667. The molecule has 0 aliphatic carbocycles. The first-order valence-corrected chi connectivity index (χ1v) is 7.65. The molecule has 0 spiro atoms. The Balaban J connectivity index is 5.14. The second kappa shape index (κ2) is 7.05. The number of hydrogen-bond acceptors (Lipinski definition) is 3. The van der Waals surface area contributed by atoms with Gasteiger partial charge in [0.25, 0.3) is 0 Å². The van der Waals surface area contributed by atoms with E-state index in [4.69, 9.17) is 9.47 Å². The van der Waals surface area contributed by atoms with Crippen LogP contribution in [0.4, 0.5) is 0 Å². The highest BCUT2D eigenvalue weighted by Crippen LogP contribution is 2.59. The zero-order valence-electron chi connectivity index (χ0n) is 10.6. The quantitative estimate of drug-likeness (QED) is 0.355. The van der Waals surface area contributed by atoms with Gasteiger partial charge in [-0.05, 0) is 20.8 Å². The first kappa shape index (κ1) is 15.6. The highest BCUT2D eigenvalue weighted by atomic mass is 31.2. The molecular formula is C12H23O3P. The van der Waals surface area contributed by atoms with Crippen molar-refractivity contribution >= 4 is 7.14 Å². The van der Waals surface area contributed by atoms with Crippen LogP contribution in [0.15, 0.2) is 25.3 Å². The minimum absolute atomic E-state index is 0.398. The van der Waals surface area contributed by atoms with E-state index in [0.717, 1.165) is 0 Å². The lowest BCUT2D eigenvalue weighted by atomic mass is 10.7. The average Bonchev–Trinajstić information content (AvgIpc) is 2.19. The van der Waals surface area contributed by atoms with E-state index in [0.29, 0.717) is 25.5 Å². The predicted octanol–water partition coefficient (Wildman–Crippen LogP) is 3.47. The van der Waals surface area contributed by atoms with Crippen molar-refractivity contribution in [3.63, 3.8) is 0 Å². The Morgan fingerprint density at radius 1 is 1.12 bits per heavy atom. The second-order valence-electron chi connectivity index (χ2n) is 3.60. The lowest BCUT2D eigenvalue weighted by Gasteiger charge is -2.36. The molecule has 94 valence electrons. The molecule has 0 aromatic carbocycles. The molecule has 0 fully saturated rings. The molecule has 0 aliphatic heterocycles. The van der Waals surface area contributed by atoms with Gasteiger partial charge in [-0.3, -0.25) is 0 Å². The van der Waals surface area contributed by atoms with E-state index in [1.54, 1.807) is 19.1 Å². The maximum atomic E-state index is 12.8. The summed E-state index contributed by atoms with van der Waals surface area (Å²) in [7, 11) is -2.65. The monoisotopic (exact) mass is 246 g/mol. The van der Waals surface area contributed by atoms with Gasteiger partial charge < -0.3 is 14.0 Å². The van der Waals surface area contributed by atoms with Gasteiger partial charge in [-0.1, -0.05) is 12.2 Å². The van der Waals surface area contributed by atoms with Crippen molar-refractivity contribution in [2.75, 3.05) is 25.5 Å². The van der Waals surface area contributed by atoms with Gasteiger partial charge in [-0.15, -0.1) is 13.2 Å². The van der Waals surface area contributed by atoms with Crippen molar-refractivity contribution in [2.24, 2.45) is 0 Å². The zero-order chi connectivity index (χ0) is 12.7. The van der Waals surface area contributed by atoms with E-state index < -0.39 is 12.7 Å². The lowest BCUT2D eigenvalue weighted by Crippen LogP contribution is -2.34. The van der Waals surface area contributed by atoms with Crippen LogP contribution < -0.4 is 0 Å². The fourth-order valence-corrected chi connectivity index (χ4v) is 4.01. The maximum absolute atomic E-state index is 12.8. The van der Waals surface area contributed by atoms with Gasteiger partial charge in [-0.25, -0.2) is 0 Å². The number of rotatable bonds is 9. The zero-order valence-corrected chi connectivity index (χ0v) is 11.5. The third-order valence-corrected chi connectivity index (χ3v) is 5.85. The third-order valence-electron chi connectivity index (χ3n) is 2.41. The van der Waals surface area contributed by atoms with Crippen molar-refractivity contribution in [1.29, 1.82) is 0 Å². The van der Waals surface area contributed by atoms with E-state index in [1.807, 2.05) is 13.8 Å². The standard InChI is InChI=1S/C12H23O3P/c1-6-10-16(13,11-7-2)12(5,14-8-3)15-9-4/h6-7H,1-2,8-11H2,3-5H3.